The molecule has 0 atom stereocenters. The fraction of sp³-hybridized carbons (Fsp3) is 0.188. The molecule has 3 rings (SSSR count). The molecule has 1 aromatic carbocycles. The van der Waals surface area contributed by atoms with Gasteiger partial charge in [-0.15, -0.1) is 0 Å². The Bertz CT molecular complexity index is 1180. The van der Waals surface area contributed by atoms with Crippen LogP contribution in [0.3, 0.4) is 0 Å². The van der Waals surface area contributed by atoms with Gasteiger partial charge in [-0.3, -0.25) is 4.79 Å². The summed E-state index contributed by atoms with van der Waals surface area (Å²) in [6, 6.07) is 1.24. The Morgan fingerprint density at radius 3 is 1.94 bits per heavy atom. The summed E-state index contributed by atoms with van der Waals surface area (Å²) in [5.41, 5.74) is -7.71. The van der Waals surface area contributed by atoms with Crippen LogP contribution in [0.25, 0.3) is 5.65 Å². The predicted molar refractivity (Wildman–Crippen MR) is 82.0 cm³/mol. The standard InChI is InChI=1S/C16H6F10N4O/c1-4-2-6(15(21,22)23)30-7(27-4)3-5(29-30)14(31)28-13-11(19)9(17)8(16(24,25)26)10(18)12(13)20/h2-3H,1H3,(H,28,31). The second kappa shape index (κ2) is 7.09. The summed E-state index contributed by atoms with van der Waals surface area (Å²) in [5, 5.41) is 4.55. The van der Waals surface area contributed by atoms with Crippen molar-refractivity contribution in [3.63, 3.8) is 0 Å². The van der Waals surface area contributed by atoms with E-state index in [1.54, 1.807) is 0 Å². The number of nitrogens with zero attached hydrogens (tertiary/aromatic N) is 3. The molecule has 3 aromatic rings. The quantitative estimate of drug-likeness (QED) is 0.438. The van der Waals surface area contributed by atoms with Crippen molar-refractivity contribution >= 4 is 17.2 Å². The molecule has 31 heavy (non-hydrogen) atoms. The van der Waals surface area contributed by atoms with Crippen LogP contribution >= 0.6 is 0 Å². The molecular formula is C16H6F10N4O. The van der Waals surface area contributed by atoms with E-state index in [4.69, 9.17) is 0 Å². The summed E-state index contributed by atoms with van der Waals surface area (Å²) < 4.78 is 132. The van der Waals surface area contributed by atoms with E-state index in [1.165, 1.54) is 12.2 Å². The second-order valence-corrected chi connectivity index (χ2v) is 6.04. The highest BCUT2D eigenvalue weighted by molar-refractivity contribution is 6.03. The second-order valence-electron chi connectivity index (χ2n) is 6.04. The summed E-state index contributed by atoms with van der Waals surface area (Å²) in [5.74, 6) is -12.5. The molecule has 0 saturated heterocycles. The van der Waals surface area contributed by atoms with E-state index in [1.807, 2.05) is 0 Å². The molecule has 0 bridgehead atoms. The third-order valence-corrected chi connectivity index (χ3v) is 3.86. The first-order valence-corrected chi connectivity index (χ1v) is 7.82. The zero-order valence-corrected chi connectivity index (χ0v) is 14.7. The van der Waals surface area contributed by atoms with Gasteiger partial charge in [-0.1, -0.05) is 0 Å². The largest absolute Gasteiger partial charge is 0.433 e. The maximum absolute atomic E-state index is 13.9. The van der Waals surface area contributed by atoms with Crippen LogP contribution in [-0.4, -0.2) is 20.5 Å². The van der Waals surface area contributed by atoms with Crippen LogP contribution < -0.4 is 5.32 Å². The van der Waals surface area contributed by atoms with E-state index in [2.05, 4.69) is 10.1 Å². The van der Waals surface area contributed by atoms with Gasteiger partial charge in [-0.2, -0.15) is 31.4 Å². The summed E-state index contributed by atoms with van der Waals surface area (Å²) in [6.45, 7) is 1.19. The molecule has 166 valence electrons. The maximum Gasteiger partial charge on any atom is 0.433 e. The molecule has 0 spiro atoms. The van der Waals surface area contributed by atoms with Crippen LogP contribution in [-0.2, 0) is 12.4 Å². The minimum atomic E-state index is -5.79. The molecule has 0 radical (unpaired) electrons. The number of carbonyl (C=O) groups is 1. The van der Waals surface area contributed by atoms with Crippen molar-refractivity contribution in [2.45, 2.75) is 19.3 Å². The van der Waals surface area contributed by atoms with E-state index in [0.717, 1.165) is 0 Å². The third kappa shape index (κ3) is 3.86. The van der Waals surface area contributed by atoms with Crippen molar-refractivity contribution in [2.75, 3.05) is 5.32 Å². The fourth-order valence-corrected chi connectivity index (χ4v) is 2.58. The average Bonchev–Trinajstić information content (AvgIpc) is 3.04. The van der Waals surface area contributed by atoms with Crippen LogP contribution in [0.2, 0.25) is 0 Å². The van der Waals surface area contributed by atoms with Gasteiger partial charge in [-0.25, -0.2) is 27.1 Å². The number of rotatable bonds is 2. The highest BCUT2D eigenvalue weighted by atomic mass is 19.4. The Morgan fingerprint density at radius 1 is 0.903 bits per heavy atom. The molecule has 0 aliphatic rings. The van der Waals surface area contributed by atoms with Gasteiger partial charge < -0.3 is 5.32 Å². The van der Waals surface area contributed by atoms with Gasteiger partial charge in [0.05, 0.1) is 0 Å². The zero-order valence-electron chi connectivity index (χ0n) is 14.7. The van der Waals surface area contributed by atoms with Crippen LogP contribution in [0.1, 0.15) is 27.4 Å². The van der Waals surface area contributed by atoms with Gasteiger partial charge in [0, 0.05) is 11.8 Å². The average molecular weight is 460 g/mol. The lowest BCUT2D eigenvalue weighted by Crippen LogP contribution is -2.20. The van der Waals surface area contributed by atoms with Gasteiger partial charge in [-0.05, 0) is 13.0 Å². The summed E-state index contributed by atoms with van der Waals surface area (Å²) in [4.78, 5) is 15.8. The number of aromatic nitrogens is 3. The molecule has 2 heterocycles. The number of anilines is 1. The minimum Gasteiger partial charge on any atom is -0.315 e. The molecule has 2 aromatic heterocycles. The fourth-order valence-electron chi connectivity index (χ4n) is 2.58. The van der Waals surface area contributed by atoms with Crippen molar-refractivity contribution in [1.82, 2.24) is 14.6 Å². The van der Waals surface area contributed by atoms with Crippen molar-refractivity contribution in [2.24, 2.45) is 0 Å². The van der Waals surface area contributed by atoms with Crippen molar-refractivity contribution in [3.05, 3.63) is 58.0 Å². The van der Waals surface area contributed by atoms with Crippen molar-refractivity contribution in [3.8, 4) is 0 Å². The van der Waals surface area contributed by atoms with Gasteiger partial charge in [0.2, 0.25) is 0 Å². The maximum atomic E-state index is 13.9. The summed E-state index contributed by atoms with van der Waals surface area (Å²) in [7, 11) is 0. The van der Waals surface area contributed by atoms with Crippen LogP contribution in [0.5, 0.6) is 0 Å². The molecule has 15 heteroatoms. The number of benzene rings is 1. The molecule has 0 aliphatic carbocycles. The first kappa shape index (κ1) is 22.3. The Balaban J connectivity index is 2.08. The Labute approximate surface area is 164 Å². The number of alkyl halides is 6. The van der Waals surface area contributed by atoms with Gasteiger partial charge >= 0.3 is 12.4 Å². The molecule has 0 aliphatic heterocycles. The van der Waals surface area contributed by atoms with E-state index in [-0.39, 0.29) is 10.2 Å². The lowest BCUT2D eigenvalue weighted by atomic mass is 10.1. The molecule has 1 amide bonds. The lowest BCUT2D eigenvalue weighted by molar-refractivity contribution is -0.143. The van der Waals surface area contributed by atoms with Crippen molar-refractivity contribution in [1.29, 1.82) is 0 Å². The molecule has 0 fully saturated rings. The smallest absolute Gasteiger partial charge is 0.315 e. The van der Waals surface area contributed by atoms with Gasteiger partial charge in [0.25, 0.3) is 5.91 Å². The Kier molecular flexibility index (Phi) is 5.10. The van der Waals surface area contributed by atoms with E-state index in [0.29, 0.717) is 12.1 Å². The number of amides is 1. The molecule has 5 nitrogen and oxygen atoms in total. The monoisotopic (exact) mass is 460 g/mol. The number of hydrogen-bond donors (Lipinski definition) is 1. The minimum absolute atomic E-state index is 0.129. The number of fused-ring (bicyclic) bond motifs is 1. The topological polar surface area (TPSA) is 59.3 Å². The predicted octanol–water partition coefficient (Wildman–Crippen LogP) is 4.88. The van der Waals surface area contributed by atoms with Gasteiger partial charge in [0.15, 0.2) is 34.6 Å². The summed E-state index contributed by atoms with van der Waals surface area (Å²) >= 11 is 0. The number of halogens is 10. The lowest BCUT2D eigenvalue weighted by Gasteiger charge is -2.14. The van der Waals surface area contributed by atoms with E-state index < -0.39 is 69.8 Å². The Morgan fingerprint density at radius 2 is 1.45 bits per heavy atom. The first-order chi connectivity index (χ1) is 14.1. The zero-order chi connectivity index (χ0) is 23.5. The molecule has 1 N–H and O–H groups in total. The van der Waals surface area contributed by atoms with Crippen LogP contribution in [0.4, 0.5) is 49.6 Å². The molecule has 0 saturated carbocycles. The van der Waals surface area contributed by atoms with E-state index in [9.17, 15) is 48.7 Å². The van der Waals surface area contributed by atoms with Gasteiger partial charge in [0.1, 0.15) is 16.9 Å². The highest BCUT2D eigenvalue weighted by Gasteiger charge is 2.42. The Hall–Kier alpha value is -3.39. The number of carbonyl (C=O) groups excluding carboxylic acids is 1. The molecule has 0 unspecified atom stereocenters. The van der Waals surface area contributed by atoms with E-state index >= 15 is 0 Å². The summed E-state index contributed by atoms with van der Waals surface area (Å²) in [6.07, 6.45) is -10.7. The SMILES string of the molecule is Cc1cc(C(F)(F)F)n2nc(C(=O)Nc3c(F)c(F)c(C(F)(F)F)c(F)c3F)cc2n1. The normalized spacial score (nSPS) is 12.5. The highest BCUT2D eigenvalue weighted by Crippen LogP contribution is 2.38. The van der Waals surface area contributed by atoms with Crippen LogP contribution in [0.15, 0.2) is 12.1 Å². The number of aryl methyl sites for hydroxylation is 1. The van der Waals surface area contributed by atoms with Crippen molar-refractivity contribution < 1.29 is 48.7 Å². The third-order valence-electron chi connectivity index (χ3n) is 3.86. The number of hydrogen-bond acceptors (Lipinski definition) is 3. The molecular weight excluding hydrogens is 454 g/mol. The van der Waals surface area contributed by atoms with Crippen LogP contribution in [0, 0.1) is 30.2 Å². The number of nitrogens with one attached hydrogen (secondary N) is 1. The first-order valence-electron chi connectivity index (χ1n) is 7.82.